The van der Waals surface area contributed by atoms with E-state index in [-0.39, 0.29) is 16.4 Å². The molecule has 1 unspecified atom stereocenters. The number of nitrogens with one attached hydrogen (secondary N) is 1. The number of unbranched alkanes of at least 4 members (excludes halogenated alkanes) is 6. The molecule has 0 aliphatic carbocycles. The number of imide groups is 1. The topological polar surface area (TPSA) is 46.2 Å². The highest BCUT2D eigenvalue weighted by Gasteiger charge is 2.30. The molecule has 1 N–H and O–H groups in total. The molecule has 0 spiro atoms. The predicted octanol–water partition coefficient (Wildman–Crippen LogP) is 8.21. The van der Waals surface area contributed by atoms with E-state index in [9.17, 15) is 9.59 Å². The first-order chi connectivity index (χ1) is 15.2. The van der Waals surface area contributed by atoms with E-state index in [1.807, 2.05) is 0 Å². The second-order valence-electron chi connectivity index (χ2n) is 7.79. The highest BCUT2D eigenvalue weighted by atomic mass is 32.2. The molecule has 1 saturated heterocycles. The van der Waals surface area contributed by atoms with Crippen LogP contribution in [0.5, 0.6) is 0 Å². The van der Waals surface area contributed by atoms with Gasteiger partial charge in [-0.15, -0.1) is 0 Å². The Morgan fingerprint density at radius 2 is 1.16 bits per heavy atom. The summed E-state index contributed by atoms with van der Waals surface area (Å²) < 4.78 is 0. The van der Waals surface area contributed by atoms with Crippen molar-refractivity contribution in [3.63, 3.8) is 0 Å². The number of carbonyl (C=O) groups excluding carboxylic acids is 2. The third-order valence-electron chi connectivity index (χ3n) is 5.01. The highest BCUT2D eigenvalue weighted by Crippen LogP contribution is 2.24. The van der Waals surface area contributed by atoms with Gasteiger partial charge in [-0.2, -0.15) is 0 Å². The van der Waals surface area contributed by atoms with Crippen molar-refractivity contribution in [3.8, 4) is 0 Å². The van der Waals surface area contributed by atoms with Gasteiger partial charge in [0.15, 0.2) is 0 Å². The van der Waals surface area contributed by atoms with E-state index in [4.69, 9.17) is 0 Å². The first-order valence-electron chi connectivity index (χ1n) is 12.0. The Labute approximate surface area is 194 Å². The number of thioether (sulfide) groups is 1. The average molecular weight is 444 g/mol. The van der Waals surface area contributed by atoms with Gasteiger partial charge in [0.25, 0.3) is 5.24 Å². The summed E-state index contributed by atoms with van der Waals surface area (Å²) in [7, 11) is 0. The number of amides is 2. The number of rotatable bonds is 18. The second-order valence-corrected chi connectivity index (χ2v) is 8.97. The van der Waals surface area contributed by atoms with Crippen LogP contribution < -0.4 is 5.32 Å². The van der Waals surface area contributed by atoms with Crippen LogP contribution in [-0.2, 0) is 4.79 Å². The Hall–Kier alpha value is -1.81. The molecule has 0 bridgehead atoms. The monoisotopic (exact) mass is 443 g/mol. The molecule has 0 aromatic heterocycles. The average Bonchev–Trinajstić information content (AvgIpc) is 3.08. The molecule has 4 heteroatoms. The lowest BCUT2D eigenvalue weighted by Gasteiger charge is -2.04. The lowest BCUT2D eigenvalue weighted by molar-refractivity contribution is -0.119. The molecule has 172 valence electrons. The van der Waals surface area contributed by atoms with Crippen molar-refractivity contribution in [2.75, 3.05) is 0 Å². The van der Waals surface area contributed by atoms with Gasteiger partial charge in [-0.25, -0.2) is 0 Å². The second kappa shape index (κ2) is 20.1. The van der Waals surface area contributed by atoms with Crippen molar-refractivity contribution in [3.05, 3.63) is 60.8 Å². The molecular formula is C27H41NO2S. The first kappa shape index (κ1) is 27.2. The van der Waals surface area contributed by atoms with Gasteiger partial charge in [0, 0.05) is 0 Å². The summed E-state index contributed by atoms with van der Waals surface area (Å²) in [5.74, 6) is -0.105. The zero-order valence-corrected chi connectivity index (χ0v) is 20.1. The normalized spacial score (nSPS) is 17.5. The van der Waals surface area contributed by atoms with Crippen molar-refractivity contribution in [1.29, 1.82) is 0 Å². The van der Waals surface area contributed by atoms with Gasteiger partial charge in [-0.3, -0.25) is 14.9 Å². The fourth-order valence-corrected chi connectivity index (χ4v) is 4.12. The smallest absolute Gasteiger partial charge is 0.286 e. The molecule has 1 heterocycles. The van der Waals surface area contributed by atoms with Crippen LogP contribution in [0, 0.1) is 0 Å². The largest absolute Gasteiger partial charge is 0.286 e. The number of hydrogen-bond acceptors (Lipinski definition) is 3. The Bertz CT molecular complexity index is 631. The third kappa shape index (κ3) is 16.5. The Morgan fingerprint density at radius 3 is 1.68 bits per heavy atom. The summed E-state index contributed by atoms with van der Waals surface area (Å²) in [6.45, 7) is 2.16. The fourth-order valence-electron chi connectivity index (χ4n) is 3.25. The molecule has 2 amide bonds. The molecule has 1 rings (SSSR count). The van der Waals surface area contributed by atoms with Crippen molar-refractivity contribution in [1.82, 2.24) is 5.32 Å². The van der Waals surface area contributed by atoms with Crippen molar-refractivity contribution < 1.29 is 9.59 Å². The molecule has 0 aromatic carbocycles. The van der Waals surface area contributed by atoms with Crippen LogP contribution in [0.3, 0.4) is 0 Å². The van der Waals surface area contributed by atoms with Gasteiger partial charge in [0.05, 0.1) is 5.25 Å². The van der Waals surface area contributed by atoms with Gasteiger partial charge >= 0.3 is 0 Å². The summed E-state index contributed by atoms with van der Waals surface area (Å²) in [4.78, 5) is 22.6. The summed E-state index contributed by atoms with van der Waals surface area (Å²) >= 11 is 1.15. The Morgan fingerprint density at radius 1 is 0.677 bits per heavy atom. The van der Waals surface area contributed by atoms with Crippen LogP contribution in [-0.4, -0.2) is 16.4 Å². The van der Waals surface area contributed by atoms with Gasteiger partial charge < -0.3 is 0 Å². The number of carbonyl (C=O) groups is 2. The molecule has 0 saturated carbocycles. The van der Waals surface area contributed by atoms with E-state index >= 15 is 0 Å². The SMILES string of the molecule is CC/C=C\C/C=C\C/C=C\C/C=C\C/C=C\CCCCCCCCC1SC(=O)NC1=O. The highest BCUT2D eigenvalue weighted by molar-refractivity contribution is 8.15. The third-order valence-corrected chi connectivity index (χ3v) is 6.06. The summed E-state index contributed by atoms with van der Waals surface area (Å²) in [6.07, 6.45) is 36.7. The maximum Gasteiger partial charge on any atom is 0.286 e. The van der Waals surface area contributed by atoms with Crippen LogP contribution in [0.15, 0.2) is 60.8 Å². The van der Waals surface area contributed by atoms with Crippen LogP contribution in [0.4, 0.5) is 4.79 Å². The maximum atomic E-state index is 11.5. The van der Waals surface area contributed by atoms with Gasteiger partial charge in [0.1, 0.15) is 0 Å². The van der Waals surface area contributed by atoms with Gasteiger partial charge in [-0.1, -0.05) is 112 Å². The molecule has 1 atom stereocenters. The van der Waals surface area contributed by atoms with Gasteiger partial charge in [0.2, 0.25) is 5.91 Å². The van der Waals surface area contributed by atoms with Crippen molar-refractivity contribution in [2.24, 2.45) is 0 Å². The minimum Gasteiger partial charge on any atom is -0.286 e. The predicted molar refractivity (Wildman–Crippen MR) is 136 cm³/mol. The fraction of sp³-hybridized carbons (Fsp3) is 0.556. The quantitative estimate of drug-likeness (QED) is 0.171. The van der Waals surface area contributed by atoms with Crippen molar-refractivity contribution >= 4 is 22.9 Å². The molecule has 0 radical (unpaired) electrons. The van der Waals surface area contributed by atoms with E-state index in [2.05, 4.69) is 73.0 Å². The molecule has 1 aliphatic heterocycles. The molecule has 0 aromatic rings. The maximum absolute atomic E-state index is 11.5. The lowest BCUT2D eigenvalue weighted by Crippen LogP contribution is -2.23. The van der Waals surface area contributed by atoms with E-state index in [0.717, 1.165) is 69.5 Å². The van der Waals surface area contributed by atoms with Crippen LogP contribution >= 0.6 is 11.8 Å². The van der Waals surface area contributed by atoms with Crippen LogP contribution in [0.25, 0.3) is 0 Å². The summed E-state index contributed by atoms with van der Waals surface area (Å²) in [5.41, 5.74) is 0. The molecule has 1 aliphatic rings. The molecule has 3 nitrogen and oxygen atoms in total. The van der Waals surface area contributed by atoms with E-state index < -0.39 is 0 Å². The van der Waals surface area contributed by atoms with Crippen LogP contribution in [0.1, 0.15) is 90.4 Å². The lowest BCUT2D eigenvalue weighted by atomic mass is 10.1. The standard InChI is InChI=1S/C27H41NO2S/c1-2-3-4-5-6-7-8-9-10-11-12-13-14-15-16-17-18-19-20-21-22-23-24-25-26(29)28-27(30)31-25/h3-4,6-7,9-10,12-13,15-16,25H,2,5,8,11,14,17-24H2,1H3,(H,28,29,30)/b4-3-,7-6-,10-9-,13-12-,16-15-. The summed E-state index contributed by atoms with van der Waals surface area (Å²) in [5, 5.41) is 2.01. The number of allylic oxidation sites excluding steroid dienone is 10. The van der Waals surface area contributed by atoms with Gasteiger partial charge in [-0.05, 0) is 51.4 Å². The van der Waals surface area contributed by atoms with E-state index in [1.165, 1.54) is 25.7 Å². The Kier molecular flexibility index (Phi) is 17.7. The van der Waals surface area contributed by atoms with Crippen LogP contribution in [0.2, 0.25) is 0 Å². The zero-order chi connectivity index (χ0) is 22.4. The van der Waals surface area contributed by atoms with Crippen molar-refractivity contribution in [2.45, 2.75) is 95.6 Å². The zero-order valence-electron chi connectivity index (χ0n) is 19.3. The van der Waals surface area contributed by atoms with E-state index in [1.54, 1.807) is 0 Å². The molecular weight excluding hydrogens is 402 g/mol. The number of hydrogen-bond donors (Lipinski definition) is 1. The van der Waals surface area contributed by atoms with E-state index in [0.29, 0.717) is 0 Å². The molecule has 31 heavy (non-hydrogen) atoms. The minimum atomic E-state index is -0.190. The Balaban J connectivity index is 1.84. The molecule has 1 fully saturated rings. The minimum absolute atomic E-state index is 0.105. The first-order valence-corrected chi connectivity index (χ1v) is 12.9. The summed E-state index contributed by atoms with van der Waals surface area (Å²) in [6, 6.07) is 0.